The van der Waals surface area contributed by atoms with Gasteiger partial charge in [0.2, 0.25) is 5.88 Å². The molecule has 3 N–H and O–H groups in total. The maximum atomic E-state index is 5.86. The van der Waals surface area contributed by atoms with Gasteiger partial charge in [0.1, 0.15) is 5.82 Å². The minimum atomic E-state index is 0.406. The van der Waals surface area contributed by atoms with Gasteiger partial charge in [0.25, 0.3) is 0 Å². The van der Waals surface area contributed by atoms with Gasteiger partial charge < -0.3 is 15.8 Å². The van der Waals surface area contributed by atoms with Gasteiger partial charge in [-0.25, -0.2) is 0 Å². The summed E-state index contributed by atoms with van der Waals surface area (Å²) in [7, 11) is 0. The van der Waals surface area contributed by atoms with Crippen LogP contribution in [0.4, 0.5) is 11.5 Å². The molecule has 0 aromatic carbocycles. The Morgan fingerprint density at radius 1 is 1.25 bits per heavy atom. The summed E-state index contributed by atoms with van der Waals surface area (Å²) < 4.78 is 5.54. The minimum Gasteiger partial charge on any atom is -0.476 e. The van der Waals surface area contributed by atoms with Crippen LogP contribution < -0.4 is 15.8 Å². The van der Waals surface area contributed by atoms with Gasteiger partial charge in [-0.15, -0.1) is 0 Å². The number of nitrogen functional groups attached to an aromatic ring is 1. The second kappa shape index (κ2) is 8.67. The van der Waals surface area contributed by atoms with E-state index in [9.17, 15) is 0 Å². The summed E-state index contributed by atoms with van der Waals surface area (Å²) in [4.78, 5) is 4.43. The number of pyridine rings is 1. The van der Waals surface area contributed by atoms with Gasteiger partial charge >= 0.3 is 0 Å². The molecule has 0 aliphatic rings. The number of hydrogen-bond donors (Lipinski definition) is 2. The second-order valence-corrected chi connectivity index (χ2v) is 5.81. The predicted octanol–water partition coefficient (Wildman–Crippen LogP) is 4.08. The summed E-state index contributed by atoms with van der Waals surface area (Å²) >= 11 is 0. The third-order valence-corrected chi connectivity index (χ3v) is 3.15. The Balaban J connectivity index is 2.50. The van der Waals surface area contributed by atoms with E-state index in [0.717, 1.165) is 24.6 Å². The Morgan fingerprint density at radius 2 is 2.00 bits per heavy atom. The van der Waals surface area contributed by atoms with Crippen LogP contribution in [-0.4, -0.2) is 17.6 Å². The van der Waals surface area contributed by atoms with Crippen LogP contribution in [0.5, 0.6) is 5.88 Å². The molecule has 0 fully saturated rings. The highest BCUT2D eigenvalue weighted by atomic mass is 16.5. The van der Waals surface area contributed by atoms with Gasteiger partial charge in [0, 0.05) is 6.04 Å². The van der Waals surface area contributed by atoms with Crippen LogP contribution in [0.3, 0.4) is 0 Å². The molecule has 1 unspecified atom stereocenters. The first-order chi connectivity index (χ1) is 9.52. The third kappa shape index (κ3) is 6.13. The van der Waals surface area contributed by atoms with Crippen molar-refractivity contribution in [1.29, 1.82) is 0 Å². The normalized spacial score (nSPS) is 12.4. The van der Waals surface area contributed by atoms with Gasteiger partial charge in [0.05, 0.1) is 12.3 Å². The molecule has 4 nitrogen and oxygen atoms in total. The molecule has 1 heterocycles. The Kier molecular flexibility index (Phi) is 7.20. The SMILES string of the molecule is CCCOc1nc(NC(C)CCCC(C)C)ccc1N. The fourth-order valence-corrected chi connectivity index (χ4v) is 2.00. The predicted molar refractivity (Wildman–Crippen MR) is 86.2 cm³/mol. The lowest BCUT2D eigenvalue weighted by Crippen LogP contribution is -2.16. The zero-order valence-electron chi connectivity index (χ0n) is 13.3. The first-order valence-electron chi connectivity index (χ1n) is 7.68. The first kappa shape index (κ1) is 16.6. The van der Waals surface area contributed by atoms with E-state index in [4.69, 9.17) is 10.5 Å². The van der Waals surface area contributed by atoms with Crippen molar-refractivity contribution < 1.29 is 4.74 Å². The highest BCUT2D eigenvalue weighted by molar-refractivity contribution is 5.53. The molecule has 20 heavy (non-hydrogen) atoms. The molecule has 0 aliphatic heterocycles. The van der Waals surface area contributed by atoms with E-state index in [1.54, 1.807) is 0 Å². The van der Waals surface area contributed by atoms with Crippen molar-refractivity contribution in [2.75, 3.05) is 17.7 Å². The summed E-state index contributed by atoms with van der Waals surface area (Å²) in [6.07, 6.45) is 4.60. The molecule has 0 spiro atoms. The molecule has 1 atom stereocenters. The van der Waals surface area contributed by atoms with Crippen LogP contribution in [0.1, 0.15) is 53.4 Å². The first-order valence-corrected chi connectivity index (χ1v) is 7.68. The topological polar surface area (TPSA) is 60.2 Å². The van der Waals surface area contributed by atoms with Crippen LogP contribution in [0.25, 0.3) is 0 Å². The number of nitrogens with one attached hydrogen (secondary N) is 1. The van der Waals surface area contributed by atoms with E-state index >= 15 is 0 Å². The molecule has 0 saturated carbocycles. The molecule has 1 aromatic heterocycles. The van der Waals surface area contributed by atoms with Crippen molar-refractivity contribution in [2.24, 2.45) is 5.92 Å². The highest BCUT2D eigenvalue weighted by Crippen LogP contribution is 2.22. The standard InChI is InChI=1S/C16H29N3O/c1-5-11-20-16-14(17)9-10-15(19-16)18-13(4)8-6-7-12(2)3/h9-10,12-13H,5-8,11,17H2,1-4H3,(H,18,19). The van der Waals surface area contributed by atoms with Crippen LogP contribution >= 0.6 is 0 Å². The van der Waals surface area contributed by atoms with Crippen molar-refractivity contribution in [3.05, 3.63) is 12.1 Å². The van der Waals surface area contributed by atoms with E-state index in [1.807, 2.05) is 12.1 Å². The van der Waals surface area contributed by atoms with E-state index < -0.39 is 0 Å². The fraction of sp³-hybridized carbons (Fsp3) is 0.688. The third-order valence-electron chi connectivity index (χ3n) is 3.15. The molecule has 1 rings (SSSR count). The fourth-order valence-electron chi connectivity index (χ4n) is 2.00. The van der Waals surface area contributed by atoms with Gasteiger partial charge in [-0.2, -0.15) is 4.98 Å². The zero-order valence-corrected chi connectivity index (χ0v) is 13.3. The number of hydrogen-bond acceptors (Lipinski definition) is 4. The summed E-state index contributed by atoms with van der Waals surface area (Å²) in [6, 6.07) is 4.16. The van der Waals surface area contributed by atoms with Crippen molar-refractivity contribution in [1.82, 2.24) is 4.98 Å². The zero-order chi connectivity index (χ0) is 15.0. The maximum absolute atomic E-state index is 5.86. The molecule has 4 heteroatoms. The Bertz CT molecular complexity index is 393. The number of nitrogens with two attached hydrogens (primary N) is 1. The quantitative estimate of drug-likeness (QED) is 0.715. The second-order valence-electron chi connectivity index (χ2n) is 5.81. The molecule has 0 bridgehead atoms. The van der Waals surface area contributed by atoms with Gasteiger partial charge in [-0.3, -0.25) is 0 Å². The van der Waals surface area contributed by atoms with Crippen molar-refractivity contribution in [2.45, 2.75) is 59.4 Å². The largest absolute Gasteiger partial charge is 0.476 e. The number of nitrogens with zero attached hydrogens (tertiary/aromatic N) is 1. The lowest BCUT2D eigenvalue weighted by Gasteiger charge is -2.16. The molecule has 0 amide bonds. The Morgan fingerprint density at radius 3 is 2.65 bits per heavy atom. The lowest BCUT2D eigenvalue weighted by atomic mass is 10.0. The van der Waals surface area contributed by atoms with Crippen molar-refractivity contribution in [3.8, 4) is 5.88 Å². The Labute approximate surface area is 123 Å². The average Bonchev–Trinajstić information content (AvgIpc) is 2.39. The molecule has 0 aliphatic carbocycles. The number of aromatic nitrogens is 1. The summed E-state index contributed by atoms with van der Waals surface area (Å²) in [5, 5.41) is 3.41. The van der Waals surface area contributed by atoms with E-state index in [2.05, 4.69) is 38.0 Å². The summed E-state index contributed by atoms with van der Waals surface area (Å²) in [5.74, 6) is 2.14. The molecule has 114 valence electrons. The van der Waals surface area contributed by atoms with Gasteiger partial charge in [0.15, 0.2) is 0 Å². The van der Waals surface area contributed by atoms with E-state index in [0.29, 0.717) is 24.2 Å². The lowest BCUT2D eigenvalue weighted by molar-refractivity contribution is 0.307. The van der Waals surface area contributed by atoms with E-state index in [1.165, 1.54) is 12.8 Å². The van der Waals surface area contributed by atoms with Crippen molar-refractivity contribution in [3.63, 3.8) is 0 Å². The summed E-state index contributed by atoms with van der Waals surface area (Å²) in [5.41, 5.74) is 6.45. The minimum absolute atomic E-state index is 0.406. The molecule has 1 aromatic rings. The smallest absolute Gasteiger partial charge is 0.239 e. The Hall–Kier alpha value is -1.45. The average molecular weight is 279 g/mol. The van der Waals surface area contributed by atoms with Gasteiger partial charge in [-0.05, 0) is 37.8 Å². The number of rotatable bonds is 9. The number of ether oxygens (including phenoxy) is 1. The molecule has 0 radical (unpaired) electrons. The molecule has 0 saturated heterocycles. The molecular formula is C16H29N3O. The highest BCUT2D eigenvalue weighted by Gasteiger charge is 2.07. The number of anilines is 2. The van der Waals surface area contributed by atoms with Crippen LogP contribution in [0.2, 0.25) is 0 Å². The summed E-state index contributed by atoms with van der Waals surface area (Å²) in [6.45, 7) is 9.42. The van der Waals surface area contributed by atoms with E-state index in [-0.39, 0.29) is 0 Å². The van der Waals surface area contributed by atoms with Crippen LogP contribution in [0, 0.1) is 5.92 Å². The maximum Gasteiger partial charge on any atom is 0.239 e. The van der Waals surface area contributed by atoms with Crippen LogP contribution in [0.15, 0.2) is 12.1 Å². The monoisotopic (exact) mass is 279 g/mol. The van der Waals surface area contributed by atoms with Gasteiger partial charge in [-0.1, -0.05) is 33.6 Å². The van der Waals surface area contributed by atoms with Crippen molar-refractivity contribution >= 4 is 11.5 Å². The van der Waals surface area contributed by atoms with Crippen LogP contribution in [-0.2, 0) is 0 Å². The molecular weight excluding hydrogens is 250 g/mol.